The molecule has 0 aromatic carbocycles. The van der Waals surface area contributed by atoms with Crippen molar-refractivity contribution in [3.8, 4) is 0 Å². The number of amides is 1. The van der Waals surface area contributed by atoms with Crippen LogP contribution in [0.25, 0.3) is 5.65 Å². The quantitative estimate of drug-likeness (QED) is 0.749. The third kappa shape index (κ3) is 4.66. The molecule has 0 radical (unpaired) electrons. The highest BCUT2D eigenvalue weighted by Gasteiger charge is 2.28. The molecule has 1 amide bonds. The van der Waals surface area contributed by atoms with E-state index >= 15 is 0 Å². The fraction of sp³-hybridized carbons (Fsp3) is 0.619. The van der Waals surface area contributed by atoms with Crippen molar-refractivity contribution in [3.05, 3.63) is 29.2 Å². The van der Waals surface area contributed by atoms with Gasteiger partial charge in [-0.15, -0.1) is 0 Å². The molecule has 2 N–H and O–H groups in total. The third-order valence-corrected chi connectivity index (χ3v) is 6.22. The number of ether oxygens (including phenoxy) is 1. The van der Waals surface area contributed by atoms with E-state index in [1.807, 2.05) is 18.5 Å². The first-order valence-corrected chi connectivity index (χ1v) is 11.0. The van der Waals surface area contributed by atoms with Crippen molar-refractivity contribution in [2.75, 3.05) is 44.6 Å². The lowest BCUT2D eigenvalue weighted by atomic mass is 10.0. The number of aromatic nitrogens is 2. The van der Waals surface area contributed by atoms with Gasteiger partial charge in [-0.1, -0.05) is 25.4 Å². The van der Waals surface area contributed by atoms with Crippen molar-refractivity contribution in [1.29, 1.82) is 0 Å². The van der Waals surface area contributed by atoms with Crippen LogP contribution in [0.1, 0.15) is 38.3 Å². The van der Waals surface area contributed by atoms with E-state index in [-0.39, 0.29) is 6.10 Å². The molecular weight excluding hydrogens is 406 g/mol. The standard InChI is InChI=1S/C21H30ClN5O3/c1-14(2)19-10-23-20-18(9-15(22)11-27(19)20)24-16-3-5-25(6-4-16)12-17-13-26(21(28)29)7-8-30-17/h9-11,14,16-17,24H,3-8,12-13H2,1-2H3,(H,28,29)/t17-/m1/s1. The van der Waals surface area contributed by atoms with E-state index in [9.17, 15) is 9.90 Å². The molecule has 4 heterocycles. The number of fused-ring (bicyclic) bond motifs is 1. The molecule has 8 nitrogen and oxygen atoms in total. The zero-order chi connectivity index (χ0) is 21.3. The summed E-state index contributed by atoms with van der Waals surface area (Å²) in [5.41, 5.74) is 3.03. The first-order valence-electron chi connectivity index (χ1n) is 10.7. The minimum absolute atomic E-state index is 0.0497. The van der Waals surface area contributed by atoms with Crippen molar-refractivity contribution in [1.82, 2.24) is 19.2 Å². The van der Waals surface area contributed by atoms with E-state index in [1.54, 1.807) is 0 Å². The van der Waals surface area contributed by atoms with E-state index in [1.165, 1.54) is 4.90 Å². The van der Waals surface area contributed by atoms with E-state index < -0.39 is 6.09 Å². The normalized spacial score (nSPS) is 21.5. The van der Waals surface area contributed by atoms with E-state index in [0.717, 1.165) is 49.5 Å². The summed E-state index contributed by atoms with van der Waals surface area (Å²) in [6, 6.07) is 2.31. The molecule has 0 saturated carbocycles. The van der Waals surface area contributed by atoms with Gasteiger partial charge in [0.2, 0.25) is 0 Å². The Kier molecular flexibility index (Phi) is 6.36. The number of hydrogen-bond donors (Lipinski definition) is 2. The van der Waals surface area contributed by atoms with Crippen molar-refractivity contribution >= 4 is 29.0 Å². The Bertz CT molecular complexity index is 894. The fourth-order valence-corrected chi connectivity index (χ4v) is 4.58. The molecule has 0 unspecified atom stereocenters. The molecule has 2 aromatic heterocycles. The van der Waals surface area contributed by atoms with Gasteiger partial charge < -0.3 is 29.4 Å². The van der Waals surface area contributed by atoms with Crippen LogP contribution in [0.3, 0.4) is 0 Å². The summed E-state index contributed by atoms with van der Waals surface area (Å²) in [7, 11) is 0. The molecule has 2 aromatic rings. The van der Waals surface area contributed by atoms with Gasteiger partial charge >= 0.3 is 6.09 Å². The summed E-state index contributed by atoms with van der Waals surface area (Å²) in [6.45, 7) is 8.36. The predicted molar refractivity (Wildman–Crippen MR) is 117 cm³/mol. The Labute approximate surface area is 181 Å². The number of hydrogen-bond acceptors (Lipinski definition) is 5. The van der Waals surface area contributed by atoms with Crippen LogP contribution >= 0.6 is 11.6 Å². The molecule has 9 heteroatoms. The van der Waals surface area contributed by atoms with Crippen LogP contribution < -0.4 is 5.32 Å². The Morgan fingerprint density at radius 3 is 2.83 bits per heavy atom. The number of halogens is 1. The maximum atomic E-state index is 11.2. The van der Waals surface area contributed by atoms with E-state index in [4.69, 9.17) is 16.3 Å². The highest BCUT2D eigenvalue weighted by atomic mass is 35.5. The molecule has 0 aliphatic carbocycles. The zero-order valence-corrected chi connectivity index (χ0v) is 18.3. The van der Waals surface area contributed by atoms with Gasteiger partial charge in [-0.05, 0) is 24.8 Å². The maximum absolute atomic E-state index is 11.2. The van der Waals surface area contributed by atoms with Gasteiger partial charge in [0, 0.05) is 50.3 Å². The Morgan fingerprint density at radius 2 is 2.13 bits per heavy atom. The lowest BCUT2D eigenvalue weighted by Gasteiger charge is -2.37. The average molecular weight is 436 g/mol. The number of likely N-dealkylation sites (tertiary alicyclic amines) is 1. The number of nitrogens with one attached hydrogen (secondary N) is 1. The Balaban J connectivity index is 1.35. The second-order valence-electron chi connectivity index (χ2n) is 8.54. The number of rotatable bonds is 5. The van der Waals surface area contributed by atoms with Gasteiger partial charge in [-0.3, -0.25) is 0 Å². The summed E-state index contributed by atoms with van der Waals surface area (Å²) in [4.78, 5) is 19.6. The molecule has 2 fully saturated rings. The summed E-state index contributed by atoms with van der Waals surface area (Å²) < 4.78 is 7.86. The fourth-order valence-electron chi connectivity index (χ4n) is 4.38. The number of anilines is 1. The van der Waals surface area contributed by atoms with Crippen LogP contribution in [0.5, 0.6) is 0 Å². The van der Waals surface area contributed by atoms with Crippen molar-refractivity contribution in [2.45, 2.75) is 44.8 Å². The van der Waals surface area contributed by atoms with Crippen LogP contribution in [0, 0.1) is 0 Å². The van der Waals surface area contributed by atoms with E-state index in [2.05, 4.69) is 33.4 Å². The Hall–Kier alpha value is -2.03. The molecule has 0 spiro atoms. The first kappa shape index (κ1) is 21.2. The zero-order valence-electron chi connectivity index (χ0n) is 17.6. The maximum Gasteiger partial charge on any atom is 0.407 e. The second kappa shape index (κ2) is 8.99. The minimum atomic E-state index is -0.862. The largest absolute Gasteiger partial charge is 0.465 e. The third-order valence-electron chi connectivity index (χ3n) is 6.01. The van der Waals surface area contributed by atoms with Gasteiger partial charge in [-0.25, -0.2) is 9.78 Å². The highest BCUT2D eigenvalue weighted by molar-refractivity contribution is 6.30. The number of pyridine rings is 1. The van der Waals surface area contributed by atoms with Gasteiger partial charge in [-0.2, -0.15) is 0 Å². The predicted octanol–water partition coefficient (Wildman–Crippen LogP) is 3.37. The van der Waals surface area contributed by atoms with Crippen LogP contribution in [0.15, 0.2) is 18.5 Å². The number of morpholine rings is 1. The van der Waals surface area contributed by atoms with Crippen molar-refractivity contribution in [2.24, 2.45) is 0 Å². The number of carboxylic acid groups (broad SMARTS) is 1. The summed E-state index contributed by atoms with van der Waals surface area (Å²) in [5, 5.41) is 13.5. The summed E-state index contributed by atoms with van der Waals surface area (Å²) >= 11 is 6.38. The molecule has 4 rings (SSSR count). The lowest BCUT2D eigenvalue weighted by Crippen LogP contribution is -2.51. The monoisotopic (exact) mass is 435 g/mol. The van der Waals surface area contributed by atoms with Crippen LogP contribution in [-0.4, -0.2) is 81.9 Å². The smallest absolute Gasteiger partial charge is 0.407 e. The molecule has 164 valence electrons. The number of carbonyl (C=O) groups is 1. The van der Waals surface area contributed by atoms with Gasteiger partial charge in [0.1, 0.15) is 0 Å². The highest BCUT2D eigenvalue weighted by Crippen LogP contribution is 2.27. The molecule has 1 atom stereocenters. The van der Waals surface area contributed by atoms with Crippen LogP contribution in [0.4, 0.5) is 10.5 Å². The van der Waals surface area contributed by atoms with Gasteiger partial charge in [0.15, 0.2) is 5.65 Å². The molecular formula is C21H30ClN5O3. The van der Waals surface area contributed by atoms with Crippen molar-refractivity contribution in [3.63, 3.8) is 0 Å². The minimum Gasteiger partial charge on any atom is -0.465 e. The molecule has 2 aliphatic rings. The second-order valence-corrected chi connectivity index (χ2v) is 8.98. The molecule has 30 heavy (non-hydrogen) atoms. The molecule has 2 aliphatic heterocycles. The van der Waals surface area contributed by atoms with Crippen molar-refractivity contribution < 1.29 is 14.6 Å². The van der Waals surface area contributed by atoms with Gasteiger partial charge in [0.25, 0.3) is 0 Å². The summed E-state index contributed by atoms with van der Waals surface area (Å²) in [6.07, 6.45) is 4.95. The summed E-state index contributed by atoms with van der Waals surface area (Å²) in [5.74, 6) is 0.369. The molecule has 0 bridgehead atoms. The van der Waals surface area contributed by atoms with E-state index in [0.29, 0.717) is 36.7 Å². The van der Waals surface area contributed by atoms with Gasteiger partial charge in [0.05, 0.1) is 30.0 Å². The van der Waals surface area contributed by atoms with Crippen LogP contribution in [-0.2, 0) is 4.74 Å². The number of nitrogens with zero attached hydrogens (tertiary/aromatic N) is 4. The lowest BCUT2D eigenvalue weighted by molar-refractivity contribution is -0.0389. The Morgan fingerprint density at radius 1 is 1.37 bits per heavy atom. The molecule has 2 saturated heterocycles. The number of piperidine rings is 1. The SMILES string of the molecule is CC(C)c1cnc2c(NC3CCN(C[C@@H]4CN(C(=O)O)CCO4)CC3)cc(Cl)cn12. The average Bonchev–Trinajstić information content (AvgIpc) is 3.14. The van der Waals surface area contributed by atoms with Crippen LogP contribution in [0.2, 0.25) is 5.02 Å². The first-order chi connectivity index (χ1) is 14.4. The topological polar surface area (TPSA) is 82.3 Å². The number of imidazole rings is 1.